The van der Waals surface area contributed by atoms with E-state index in [9.17, 15) is 19.5 Å². The number of likely N-dealkylation sites (N-methyl/N-ethyl adjacent to an activating group) is 1. The second-order valence-corrected chi connectivity index (χ2v) is 15.5. The van der Waals surface area contributed by atoms with E-state index in [1.54, 1.807) is 49.6 Å². The molecule has 9 nitrogen and oxygen atoms in total. The highest BCUT2D eigenvalue weighted by Crippen LogP contribution is 2.48. The molecule has 0 spiro atoms. The number of ether oxygens (including phenoxy) is 1. The summed E-state index contributed by atoms with van der Waals surface area (Å²) >= 11 is 0. The molecule has 4 rings (SSSR count). The highest BCUT2D eigenvalue weighted by atomic mass is 19.1. The van der Waals surface area contributed by atoms with Crippen molar-refractivity contribution < 1.29 is 28.6 Å². The van der Waals surface area contributed by atoms with Gasteiger partial charge in [0.2, 0.25) is 5.91 Å². The molecule has 2 amide bonds. The Hall–Kier alpha value is -2.95. The number of carbonyl (C=O) groups excluding carboxylic acids is 3. The number of amides is 2. The molecule has 0 radical (unpaired) electrons. The van der Waals surface area contributed by atoms with Crippen molar-refractivity contribution in [2.75, 3.05) is 25.5 Å². The van der Waals surface area contributed by atoms with Gasteiger partial charge in [0.15, 0.2) is 0 Å². The number of hydrogen-bond acceptors (Lipinski definition) is 7. The molecule has 1 saturated heterocycles. The Kier molecular flexibility index (Phi) is 9.31. The highest BCUT2D eigenvalue weighted by Gasteiger charge is 2.64. The highest BCUT2D eigenvalue weighted by molar-refractivity contribution is 6.55. The van der Waals surface area contributed by atoms with Crippen molar-refractivity contribution in [3.05, 3.63) is 64.5 Å². The second-order valence-electron chi connectivity index (χ2n) is 15.5. The Bertz CT molecular complexity index is 1540. The number of benzene rings is 2. The number of carbonyl (C=O) groups is 3. The normalized spacial score (nSPS) is 21.5. The fourth-order valence-electron chi connectivity index (χ4n) is 7.68. The summed E-state index contributed by atoms with van der Waals surface area (Å²) < 4.78 is 21.4. The quantitative estimate of drug-likeness (QED) is 0.187. The number of nitrogens with one attached hydrogen (secondary N) is 2. The van der Waals surface area contributed by atoms with E-state index in [1.807, 2.05) is 12.1 Å². The first-order valence-corrected chi connectivity index (χ1v) is 15.9. The zero-order valence-corrected chi connectivity index (χ0v) is 29.2. The fourth-order valence-corrected chi connectivity index (χ4v) is 7.68. The Balaban J connectivity index is 1.67. The largest absolute Gasteiger partial charge is 0.397 e. The minimum Gasteiger partial charge on any atom is -0.397 e. The molecular weight excluding hydrogens is 580 g/mol. The van der Waals surface area contributed by atoms with Crippen LogP contribution in [0.3, 0.4) is 0 Å². The van der Waals surface area contributed by atoms with Gasteiger partial charge in [-0.2, -0.15) is 0 Å². The second kappa shape index (κ2) is 11.9. The van der Waals surface area contributed by atoms with Crippen LogP contribution >= 0.6 is 0 Å². The molecule has 0 bridgehead atoms. The summed E-state index contributed by atoms with van der Waals surface area (Å²) in [7, 11) is 11.0. The van der Waals surface area contributed by atoms with Gasteiger partial charge >= 0.3 is 0 Å². The van der Waals surface area contributed by atoms with E-state index in [0.29, 0.717) is 35.2 Å². The number of rotatable bonds is 10. The molecule has 2 atom stereocenters. The molecule has 0 aromatic heterocycles. The molecule has 46 heavy (non-hydrogen) atoms. The van der Waals surface area contributed by atoms with Crippen LogP contribution in [0.1, 0.15) is 54.7 Å². The van der Waals surface area contributed by atoms with Crippen molar-refractivity contribution >= 4 is 70.9 Å². The van der Waals surface area contributed by atoms with Crippen LogP contribution in [0.25, 0.3) is 0 Å². The lowest BCUT2D eigenvalue weighted by molar-refractivity contribution is -0.182. The van der Waals surface area contributed by atoms with Gasteiger partial charge in [0.25, 0.3) is 5.91 Å². The van der Waals surface area contributed by atoms with E-state index in [2.05, 4.69) is 43.2 Å². The number of anilines is 1. The summed E-state index contributed by atoms with van der Waals surface area (Å²) in [6.45, 7) is 10.6. The number of fused-ring (bicyclic) bond motifs is 1. The number of morpholine rings is 1. The molecule has 2 heterocycles. The molecule has 0 aliphatic carbocycles. The molecule has 2 aliphatic rings. The van der Waals surface area contributed by atoms with Crippen LogP contribution < -0.4 is 10.6 Å². The monoisotopic (exact) mass is 626 g/mol. The summed E-state index contributed by atoms with van der Waals surface area (Å²) in [5.41, 5.74) is -1.40. The van der Waals surface area contributed by atoms with Crippen LogP contribution in [0.2, 0.25) is 5.21 Å². The first-order valence-electron chi connectivity index (χ1n) is 15.9. The molecule has 1 fully saturated rings. The smallest absolute Gasteiger partial charge is 0.254 e. The van der Waals surface area contributed by atoms with E-state index < -0.39 is 33.3 Å². The van der Waals surface area contributed by atoms with Gasteiger partial charge in [-0.1, -0.05) is 12.1 Å². The Morgan fingerprint density at radius 2 is 1.70 bits per heavy atom. The minimum absolute atomic E-state index is 0.156. The predicted octanol–water partition coefficient (Wildman–Crippen LogP) is -3.36. The van der Waals surface area contributed by atoms with Crippen molar-refractivity contribution in [3.63, 3.8) is 0 Å². The lowest BCUT2D eigenvalue weighted by Crippen LogP contribution is -2.78. The summed E-state index contributed by atoms with van der Waals surface area (Å²) in [6, 6.07) is 10.4. The Morgan fingerprint density at radius 1 is 1.09 bits per heavy atom. The molecule has 0 saturated carbocycles. The lowest BCUT2D eigenvalue weighted by Gasteiger charge is -2.57. The molecule has 2 aromatic rings. The average Bonchev–Trinajstić information content (AvgIpc) is 3.15. The molecule has 3 N–H and O–H groups in total. The van der Waals surface area contributed by atoms with E-state index in [1.165, 1.54) is 33.7 Å². The Morgan fingerprint density at radius 3 is 2.26 bits per heavy atom. The predicted molar refractivity (Wildman–Crippen MR) is 194 cm³/mol. The standard InChI is InChI=1S/C30H45B6FN4O5/c1-25(2)14-40(15-26(3,4)46-25)13-17-9-10-20(37)18(11-17)12-39-21-8-6-7-19-22(21)29(34,35)41(23(19)43)28(33,24(44)38-5)30(36,45)27(31,32)16-42/h6-11,16,39,45H,12-15,31-36H2,1-5H3,(H,38,44). The SMILES string of the molecule is BC1(B)c2c(NCc3cc(CN4CC(C)(C)OC(C)(C)C4)ccc3F)cccc2C(=O)N1C(B)(C(=O)NC)C(B)(O)C(B)(B)C=O. The number of aldehydes is 1. The maximum Gasteiger partial charge on any atom is 0.254 e. The van der Waals surface area contributed by atoms with Crippen LogP contribution in [-0.4, -0.2) is 122 Å². The topological polar surface area (TPSA) is 111 Å². The molecule has 2 aliphatic heterocycles. The van der Waals surface area contributed by atoms with Crippen molar-refractivity contribution in [1.82, 2.24) is 15.1 Å². The average molecular weight is 626 g/mol. The van der Waals surface area contributed by atoms with Crippen LogP contribution in [-0.2, 0) is 32.8 Å². The van der Waals surface area contributed by atoms with Crippen LogP contribution in [0.5, 0.6) is 0 Å². The fraction of sp³-hybridized carbons (Fsp3) is 0.500. The third-order valence-corrected chi connectivity index (χ3v) is 10.0. The van der Waals surface area contributed by atoms with Crippen molar-refractivity contribution in [2.45, 2.75) is 73.5 Å². The van der Waals surface area contributed by atoms with E-state index in [4.69, 9.17) is 4.74 Å². The molecule has 2 aromatic carbocycles. The van der Waals surface area contributed by atoms with Gasteiger partial charge in [0.05, 0.1) is 16.7 Å². The summed E-state index contributed by atoms with van der Waals surface area (Å²) in [6.07, 6.45) is 0.603. The molecule has 16 heteroatoms. The summed E-state index contributed by atoms with van der Waals surface area (Å²) in [4.78, 5) is 43.7. The zero-order valence-electron chi connectivity index (χ0n) is 29.2. The maximum absolute atomic E-state index is 15.2. The number of hydrogen-bond donors (Lipinski definition) is 3. The number of aliphatic hydroxyl groups is 1. The molecular formula is C30H45B6FN4O5. The van der Waals surface area contributed by atoms with Crippen LogP contribution in [0.4, 0.5) is 10.1 Å². The first-order chi connectivity index (χ1) is 21.0. The van der Waals surface area contributed by atoms with Gasteiger partial charge in [0, 0.05) is 55.4 Å². The van der Waals surface area contributed by atoms with Gasteiger partial charge in [-0.25, -0.2) is 4.39 Å². The van der Waals surface area contributed by atoms with Gasteiger partial charge in [-0.15, -0.1) is 0 Å². The van der Waals surface area contributed by atoms with Gasteiger partial charge in [-0.05, 0) is 68.3 Å². The minimum atomic E-state index is -1.97. The zero-order chi connectivity index (χ0) is 34.7. The van der Waals surface area contributed by atoms with Gasteiger partial charge < -0.3 is 30.2 Å². The van der Waals surface area contributed by atoms with E-state index in [-0.39, 0.29) is 23.6 Å². The maximum atomic E-state index is 15.2. The first kappa shape index (κ1) is 35.9. The Labute approximate surface area is 277 Å². The molecule has 240 valence electrons. The van der Waals surface area contributed by atoms with Gasteiger partial charge in [0.1, 0.15) is 64.6 Å². The van der Waals surface area contributed by atoms with Crippen LogP contribution in [0.15, 0.2) is 36.4 Å². The van der Waals surface area contributed by atoms with Gasteiger partial charge in [-0.3, -0.25) is 14.5 Å². The molecule has 2 unspecified atom stereocenters. The van der Waals surface area contributed by atoms with Crippen molar-refractivity contribution in [3.8, 4) is 0 Å². The van der Waals surface area contributed by atoms with E-state index in [0.717, 1.165) is 18.7 Å². The van der Waals surface area contributed by atoms with Crippen LogP contribution in [0, 0.1) is 5.82 Å². The lowest BCUT2D eigenvalue weighted by atomic mass is 9.33. The number of nitrogens with zero attached hydrogens (tertiary/aromatic N) is 2. The number of halogens is 1. The third-order valence-electron chi connectivity index (χ3n) is 10.0. The summed E-state index contributed by atoms with van der Waals surface area (Å²) in [5, 5.41) is 15.4. The third kappa shape index (κ3) is 6.08. The summed E-state index contributed by atoms with van der Waals surface area (Å²) in [5.74, 6) is -1.41. The van der Waals surface area contributed by atoms with E-state index >= 15 is 4.39 Å². The van der Waals surface area contributed by atoms with Crippen molar-refractivity contribution in [2.24, 2.45) is 0 Å². The van der Waals surface area contributed by atoms with Crippen molar-refractivity contribution in [1.29, 1.82) is 0 Å².